The number of aromatic nitrogens is 2. The summed E-state index contributed by atoms with van der Waals surface area (Å²) in [6.45, 7) is 4.23. The number of rotatable bonds is 5. The number of pyridine rings is 2. The Kier molecular flexibility index (Phi) is 4.94. The lowest BCUT2D eigenvalue weighted by Crippen LogP contribution is -2.22. The normalized spacial score (nSPS) is 15.1. The van der Waals surface area contributed by atoms with Gasteiger partial charge in [0.25, 0.3) is 0 Å². The SMILES string of the molecule is CC1(C)OC(=O)C(c2ccncc2)=C1c1ccc(COc2ccc3ccccc3n2)cc1. The molecule has 0 bridgehead atoms. The Morgan fingerprint density at radius 2 is 1.62 bits per heavy atom. The molecule has 0 N–H and O–H groups in total. The molecule has 3 heterocycles. The Hall–Kier alpha value is -3.99. The molecule has 2 aromatic carbocycles. The lowest BCUT2D eigenvalue weighted by Gasteiger charge is -2.22. The van der Waals surface area contributed by atoms with E-state index < -0.39 is 5.60 Å². The third-order valence-corrected chi connectivity index (χ3v) is 5.58. The number of esters is 1. The molecule has 0 atom stereocenters. The third-order valence-electron chi connectivity index (χ3n) is 5.58. The van der Waals surface area contributed by atoms with Gasteiger partial charge in [0.05, 0.1) is 11.1 Å². The van der Waals surface area contributed by atoms with E-state index in [2.05, 4.69) is 9.97 Å². The molecule has 2 aromatic heterocycles. The maximum atomic E-state index is 12.7. The van der Waals surface area contributed by atoms with Gasteiger partial charge in [0, 0.05) is 29.4 Å². The number of ether oxygens (including phenoxy) is 2. The largest absolute Gasteiger partial charge is 0.473 e. The summed E-state index contributed by atoms with van der Waals surface area (Å²) in [5.41, 5.74) is 4.41. The van der Waals surface area contributed by atoms with E-state index in [1.807, 2.05) is 86.6 Å². The minimum atomic E-state index is -0.720. The number of carbonyl (C=O) groups excluding carboxylic acids is 1. The Labute approximate surface area is 186 Å². The Morgan fingerprint density at radius 3 is 2.41 bits per heavy atom. The van der Waals surface area contributed by atoms with E-state index >= 15 is 0 Å². The molecule has 5 nitrogen and oxygen atoms in total. The van der Waals surface area contributed by atoms with Crippen LogP contribution in [0.3, 0.4) is 0 Å². The second kappa shape index (κ2) is 7.93. The predicted molar refractivity (Wildman–Crippen MR) is 124 cm³/mol. The van der Waals surface area contributed by atoms with Gasteiger partial charge in [-0.05, 0) is 54.8 Å². The lowest BCUT2D eigenvalue weighted by molar-refractivity contribution is -0.141. The fourth-order valence-corrected chi connectivity index (χ4v) is 4.06. The topological polar surface area (TPSA) is 61.3 Å². The summed E-state index contributed by atoms with van der Waals surface area (Å²) in [6, 6.07) is 23.5. The monoisotopic (exact) mass is 422 g/mol. The van der Waals surface area contributed by atoms with Crippen molar-refractivity contribution in [1.29, 1.82) is 0 Å². The third kappa shape index (κ3) is 3.73. The van der Waals surface area contributed by atoms with Gasteiger partial charge in [0.1, 0.15) is 12.2 Å². The molecule has 32 heavy (non-hydrogen) atoms. The number of para-hydroxylation sites is 1. The first kappa shape index (κ1) is 19.9. The van der Waals surface area contributed by atoms with Gasteiger partial charge in [-0.2, -0.15) is 0 Å². The van der Waals surface area contributed by atoms with Crippen molar-refractivity contribution >= 4 is 28.0 Å². The van der Waals surface area contributed by atoms with E-state index in [-0.39, 0.29) is 5.97 Å². The van der Waals surface area contributed by atoms with Crippen LogP contribution in [0, 0.1) is 0 Å². The van der Waals surface area contributed by atoms with Crippen molar-refractivity contribution < 1.29 is 14.3 Å². The molecule has 0 saturated heterocycles. The average Bonchev–Trinajstić information content (AvgIpc) is 3.06. The predicted octanol–water partition coefficient (Wildman–Crippen LogP) is 5.46. The van der Waals surface area contributed by atoms with Crippen LogP contribution in [0.25, 0.3) is 22.0 Å². The van der Waals surface area contributed by atoms with Crippen LogP contribution in [0.1, 0.15) is 30.5 Å². The summed E-state index contributed by atoms with van der Waals surface area (Å²) < 4.78 is 11.6. The maximum absolute atomic E-state index is 12.7. The molecule has 1 aliphatic heterocycles. The highest BCUT2D eigenvalue weighted by atomic mass is 16.6. The van der Waals surface area contributed by atoms with Gasteiger partial charge in [-0.15, -0.1) is 0 Å². The molecule has 4 aromatic rings. The molecule has 0 radical (unpaired) electrons. The van der Waals surface area contributed by atoms with Gasteiger partial charge < -0.3 is 9.47 Å². The van der Waals surface area contributed by atoms with E-state index in [1.54, 1.807) is 12.4 Å². The fourth-order valence-electron chi connectivity index (χ4n) is 4.06. The minimum Gasteiger partial charge on any atom is -0.473 e. The average molecular weight is 422 g/mol. The highest BCUT2D eigenvalue weighted by molar-refractivity contribution is 6.28. The Morgan fingerprint density at radius 1 is 0.875 bits per heavy atom. The Balaban J connectivity index is 1.40. The summed E-state index contributed by atoms with van der Waals surface area (Å²) in [4.78, 5) is 21.3. The molecule has 0 spiro atoms. The van der Waals surface area contributed by atoms with Crippen LogP contribution in [-0.2, 0) is 16.1 Å². The quantitative estimate of drug-likeness (QED) is 0.400. The first-order valence-electron chi connectivity index (χ1n) is 10.5. The molecule has 5 rings (SSSR count). The molecule has 1 aliphatic rings. The standard InChI is InChI=1S/C27H22N2O3/c1-27(2)25(24(26(30)32-27)20-13-15-28-16-14-20)21-9-7-18(8-10-21)17-31-23-12-11-19-5-3-4-6-22(19)29-23/h3-16H,17H2,1-2H3. The lowest BCUT2D eigenvalue weighted by atomic mass is 9.87. The van der Waals surface area contributed by atoms with Crippen molar-refractivity contribution in [3.05, 3.63) is 102 Å². The molecular formula is C27H22N2O3. The van der Waals surface area contributed by atoms with Crippen molar-refractivity contribution in [2.75, 3.05) is 0 Å². The van der Waals surface area contributed by atoms with Crippen molar-refractivity contribution in [3.8, 4) is 5.88 Å². The molecule has 0 saturated carbocycles. The van der Waals surface area contributed by atoms with E-state index in [4.69, 9.17) is 9.47 Å². The molecule has 0 fully saturated rings. The summed E-state index contributed by atoms with van der Waals surface area (Å²) in [6.07, 6.45) is 3.36. The van der Waals surface area contributed by atoms with Crippen LogP contribution in [0.2, 0.25) is 0 Å². The fraction of sp³-hybridized carbons (Fsp3) is 0.148. The van der Waals surface area contributed by atoms with Gasteiger partial charge in [-0.1, -0.05) is 42.5 Å². The number of carbonyl (C=O) groups is 1. The molecule has 5 heteroatoms. The first-order valence-corrected chi connectivity index (χ1v) is 10.5. The van der Waals surface area contributed by atoms with Crippen LogP contribution in [0.15, 0.2) is 85.2 Å². The summed E-state index contributed by atoms with van der Waals surface area (Å²) in [5.74, 6) is 0.275. The number of hydrogen-bond acceptors (Lipinski definition) is 5. The molecule has 0 unspecified atom stereocenters. The highest BCUT2D eigenvalue weighted by Crippen LogP contribution is 2.43. The van der Waals surface area contributed by atoms with Crippen LogP contribution >= 0.6 is 0 Å². The molecular weight excluding hydrogens is 400 g/mol. The van der Waals surface area contributed by atoms with E-state index in [9.17, 15) is 4.79 Å². The van der Waals surface area contributed by atoms with E-state index in [0.29, 0.717) is 18.1 Å². The smallest absolute Gasteiger partial charge is 0.340 e. The van der Waals surface area contributed by atoms with Crippen molar-refractivity contribution in [2.45, 2.75) is 26.1 Å². The van der Waals surface area contributed by atoms with E-state index in [0.717, 1.165) is 33.2 Å². The maximum Gasteiger partial charge on any atom is 0.340 e. The summed E-state index contributed by atoms with van der Waals surface area (Å²) in [5, 5.41) is 1.08. The molecule has 0 aliphatic carbocycles. The van der Waals surface area contributed by atoms with Crippen LogP contribution in [0.5, 0.6) is 5.88 Å². The minimum absolute atomic E-state index is 0.314. The van der Waals surface area contributed by atoms with Gasteiger partial charge in [-0.3, -0.25) is 4.98 Å². The molecule has 0 amide bonds. The number of cyclic esters (lactones) is 1. The summed E-state index contributed by atoms with van der Waals surface area (Å²) >= 11 is 0. The zero-order valence-electron chi connectivity index (χ0n) is 17.9. The highest BCUT2D eigenvalue weighted by Gasteiger charge is 2.41. The zero-order chi connectivity index (χ0) is 22.1. The van der Waals surface area contributed by atoms with Crippen LogP contribution in [0.4, 0.5) is 0 Å². The van der Waals surface area contributed by atoms with E-state index in [1.165, 1.54) is 0 Å². The second-order valence-corrected chi connectivity index (χ2v) is 8.21. The number of fused-ring (bicyclic) bond motifs is 1. The zero-order valence-corrected chi connectivity index (χ0v) is 17.9. The van der Waals surface area contributed by atoms with Crippen LogP contribution in [-0.4, -0.2) is 21.5 Å². The number of benzene rings is 2. The van der Waals surface area contributed by atoms with Gasteiger partial charge in [0.15, 0.2) is 0 Å². The van der Waals surface area contributed by atoms with Crippen LogP contribution < -0.4 is 4.74 Å². The Bertz CT molecular complexity index is 1330. The first-order chi connectivity index (χ1) is 15.5. The van der Waals surface area contributed by atoms with Crippen molar-refractivity contribution in [3.63, 3.8) is 0 Å². The van der Waals surface area contributed by atoms with Crippen molar-refractivity contribution in [2.24, 2.45) is 0 Å². The van der Waals surface area contributed by atoms with Crippen molar-refractivity contribution in [1.82, 2.24) is 9.97 Å². The molecule has 158 valence electrons. The van der Waals surface area contributed by atoms with Gasteiger partial charge >= 0.3 is 5.97 Å². The summed E-state index contributed by atoms with van der Waals surface area (Å²) in [7, 11) is 0. The second-order valence-electron chi connectivity index (χ2n) is 8.21. The number of nitrogens with zero attached hydrogens (tertiary/aromatic N) is 2. The van der Waals surface area contributed by atoms with Gasteiger partial charge in [-0.25, -0.2) is 9.78 Å². The number of hydrogen-bond donors (Lipinski definition) is 0. The van der Waals surface area contributed by atoms with Gasteiger partial charge in [0.2, 0.25) is 5.88 Å².